The van der Waals surface area contributed by atoms with Gasteiger partial charge in [0.1, 0.15) is 12.0 Å². The van der Waals surface area contributed by atoms with Crippen molar-refractivity contribution in [3.63, 3.8) is 0 Å². The van der Waals surface area contributed by atoms with Crippen molar-refractivity contribution in [2.75, 3.05) is 18.4 Å². The molecule has 2 atom stereocenters. The van der Waals surface area contributed by atoms with Gasteiger partial charge in [-0.2, -0.15) is 0 Å². The van der Waals surface area contributed by atoms with Crippen LogP contribution in [0.4, 0.5) is 11.5 Å². The lowest BCUT2D eigenvalue weighted by Crippen LogP contribution is -2.35. The van der Waals surface area contributed by atoms with Crippen LogP contribution in [0.15, 0.2) is 54.4 Å². The number of allylic oxidation sites excluding steroid dienone is 1. The van der Waals surface area contributed by atoms with Gasteiger partial charge < -0.3 is 25.2 Å². The summed E-state index contributed by atoms with van der Waals surface area (Å²) < 4.78 is 11.8. The molecule has 34 heavy (non-hydrogen) atoms. The van der Waals surface area contributed by atoms with E-state index in [1.165, 1.54) is 18.3 Å². The number of rotatable bonds is 11. The van der Waals surface area contributed by atoms with Crippen LogP contribution in [0.2, 0.25) is 0 Å². The number of aliphatic hydroxyl groups is 1. The number of benzene rings is 1. The molecule has 0 spiro atoms. The third-order valence-electron chi connectivity index (χ3n) is 5.86. The molecule has 0 saturated heterocycles. The summed E-state index contributed by atoms with van der Waals surface area (Å²) in [6, 6.07) is 10.4. The highest BCUT2D eigenvalue weighted by molar-refractivity contribution is 5.91. The van der Waals surface area contributed by atoms with Crippen molar-refractivity contribution < 1.29 is 24.3 Å². The van der Waals surface area contributed by atoms with E-state index in [9.17, 15) is 14.9 Å². The van der Waals surface area contributed by atoms with Crippen molar-refractivity contribution in [1.82, 2.24) is 10.3 Å². The molecule has 1 aliphatic carbocycles. The Morgan fingerprint density at radius 3 is 2.59 bits per heavy atom. The fraction of sp³-hybridized carbons (Fsp3) is 0.417. The summed E-state index contributed by atoms with van der Waals surface area (Å²) in [7, 11) is 0. The van der Waals surface area contributed by atoms with E-state index in [2.05, 4.69) is 15.6 Å². The Morgan fingerprint density at radius 1 is 1.18 bits per heavy atom. The predicted molar refractivity (Wildman–Crippen MR) is 123 cm³/mol. The van der Waals surface area contributed by atoms with E-state index in [4.69, 9.17) is 14.6 Å². The van der Waals surface area contributed by atoms with Crippen molar-refractivity contribution in [2.45, 2.75) is 38.8 Å². The van der Waals surface area contributed by atoms with Crippen LogP contribution >= 0.6 is 0 Å². The summed E-state index contributed by atoms with van der Waals surface area (Å²) in [4.78, 5) is 26.9. The third kappa shape index (κ3) is 6.52. The second-order valence-corrected chi connectivity index (χ2v) is 8.44. The molecule has 10 nitrogen and oxygen atoms in total. The molecule has 0 unspecified atom stereocenters. The second-order valence-electron chi connectivity index (χ2n) is 8.44. The molecule has 3 N–H and O–H groups in total. The number of ether oxygens (including phenoxy) is 2. The normalized spacial score (nSPS) is 19.6. The van der Waals surface area contributed by atoms with E-state index < -0.39 is 11.2 Å². The Balaban J connectivity index is 1.26. The number of nitrogens with zero attached hydrogens (tertiary/aromatic N) is 2. The highest BCUT2D eigenvalue weighted by Crippen LogP contribution is 2.42. The molecule has 1 amide bonds. The summed E-state index contributed by atoms with van der Waals surface area (Å²) in [6.45, 7) is 1.09. The smallest absolute Gasteiger partial charge is 0.287 e. The number of amides is 1. The van der Waals surface area contributed by atoms with Crippen molar-refractivity contribution >= 4 is 17.4 Å². The van der Waals surface area contributed by atoms with Crippen LogP contribution < -0.4 is 10.6 Å². The Labute approximate surface area is 197 Å². The zero-order chi connectivity index (χ0) is 23.9. The zero-order valence-corrected chi connectivity index (χ0v) is 18.7. The van der Waals surface area contributed by atoms with Gasteiger partial charge in [-0.15, -0.1) is 0 Å². The van der Waals surface area contributed by atoms with Gasteiger partial charge in [0, 0.05) is 25.6 Å². The largest absolute Gasteiger partial charge is 0.459 e. The standard InChI is InChI=1S/C24H28N4O6/c29-14-16-1-3-17(4-2-16)15-33-23-12-19(18-5-6-18)11-21(34-23)24(30)26-10-9-25-22-8-7-20(13-27-22)28(31)32/h1-4,7-8,11,13,18-19,23,29H,5-6,9-10,12,14-15H2,(H,25,27)(H,26,30)/t19-,23+/m0/s1. The predicted octanol–water partition coefficient (Wildman–Crippen LogP) is 2.88. The van der Waals surface area contributed by atoms with Crippen LogP contribution in [0.25, 0.3) is 0 Å². The summed E-state index contributed by atoms with van der Waals surface area (Å²) >= 11 is 0. The first kappa shape index (κ1) is 23.7. The van der Waals surface area contributed by atoms with E-state index in [0.717, 1.165) is 24.0 Å². The van der Waals surface area contributed by atoms with Gasteiger partial charge in [0.25, 0.3) is 11.6 Å². The molecule has 1 aromatic heterocycles. The summed E-state index contributed by atoms with van der Waals surface area (Å²) in [5, 5.41) is 25.7. The minimum atomic E-state index is -0.506. The number of aromatic nitrogens is 1. The Kier molecular flexibility index (Phi) is 7.71. The maximum Gasteiger partial charge on any atom is 0.287 e. The van der Waals surface area contributed by atoms with Gasteiger partial charge in [0.05, 0.1) is 18.1 Å². The number of aliphatic hydroxyl groups excluding tert-OH is 1. The van der Waals surface area contributed by atoms with E-state index in [1.54, 1.807) is 0 Å². The minimum Gasteiger partial charge on any atom is -0.459 e. The van der Waals surface area contributed by atoms with Crippen LogP contribution in [0.1, 0.15) is 30.4 Å². The highest BCUT2D eigenvalue weighted by Gasteiger charge is 2.37. The first-order chi connectivity index (χ1) is 16.5. The second kappa shape index (κ2) is 11.1. The van der Waals surface area contributed by atoms with Crippen LogP contribution in [-0.4, -0.2) is 40.3 Å². The monoisotopic (exact) mass is 468 g/mol. The number of pyridine rings is 1. The van der Waals surface area contributed by atoms with E-state index in [0.29, 0.717) is 37.9 Å². The Hall–Kier alpha value is -3.50. The molecule has 1 saturated carbocycles. The lowest BCUT2D eigenvalue weighted by molar-refractivity contribution is -0.385. The summed E-state index contributed by atoms with van der Waals surface area (Å²) in [5.41, 5.74) is 1.73. The Bertz CT molecular complexity index is 1020. The molecule has 4 rings (SSSR count). The molecular formula is C24H28N4O6. The van der Waals surface area contributed by atoms with Gasteiger partial charge in [0.15, 0.2) is 5.76 Å². The van der Waals surface area contributed by atoms with Gasteiger partial charge in [-0.1, -0.05) is 24.3 Å². The molecule has 10 heteroatoms. The average Bonchev–Trinajstić information content (AvgIpc) is 3.71. The van der Waals surface area contributed by atoms with Crippen LogP contribution in [0.3, 0.4) is 0 Å². The Morgan fingerprint density at radius 2 is 1.94 bits per heavy atom. The molecule has 2 aliphatic rings. The molecular weight excluding hydrogens is 440 g/mol. The number of hydrogen-bond acceptors (Lipinski definition) is 8. The first-order valence-electron chi connectivity index (χ1n) is 11.3. The van der Waals surface area contributed by atoms with Crippen molar-refractivity contribution in [3.05, 3.63) is 75.7 Å². The quantitative estimate of drug-likeness (QED) is 0.260. The van der Waals surface area contributed by atoms with Gasteiger partial charge in [-0.3, -0.25) is 14.9 Å². The van der Waals surface area contributed by atoms with E-state index in [1.807, 2.05) is 30.3 Å². The summed E-state index contributed by atoms with van der Waals surface area (Å²) in [6.07, 6.45) is 5.60. The molecule has 0 bridgehead atoms. The lowest BCUT2D eigenvalue weighted by atomic mass is 9.96. The molecule has 2 heterocycles. The van der Waals surface area contributed by atoms with Gasteiger partial charge in [-0.25, -0.2) is 4.98 Å². The SMILES string of the molecule is O=C(NCCNc1ccc([N+](=O)[O-])cn1)C1=C[C@H](C2CC2)C[C@H](OCc2ccc(CO)cc2)O1. The molecule has 1 aromatic carbocycles. The topological polar surface area (TPSA) is 136 Å². The van der Waals surface area contributed by atoms with Crippen LogP contribution in [0, 0.1) is 22.0 Å². The van der Waals surface area contributed by atoms with E-state index >= 15 is 0 Å². The minimum absolute atomic E-state index is 0.000876. The maximum absolute atomic E-state index is 12.7. The third-order valence-corrected chi connectivity index (χ3v) is 5.86. The molecule has 0 radical (unpaired) electrons. The highest BCUT2D eigenvalue weighted by atomic mass is 16.7. The lowest BCUT2D eigenvalue weighted by Gasteiger charge is -2.29. The number of anilines is 1. The number of nitro groups is 1. The first-order valence-corrected chi connectivity index (χ1v) is 11.3. The van der Waals surface area contributed by atoms with Crippen LogP contribution in [-0.2, 0) is 27.5 Å². The van der Waals surface area contributed by atoms with Crippen molar-refractivity contribution in [1.29, 1.82) is 0 Å². The molecule has 1 fully saturated rings. The van der Waals surface area contributed by atoms with E-state index in [-0.39, 0.29) is 29.9 Å². The van der Waals surface area contributed by atoms with Crippen molar-refractivity contribution in [2.24, 2.45) is 11.8 Å². The molecule has 1 aliphatic heterocycles. The zero-order valence-electron chi connectivity index (χ0n) is 18.7. The number of carbonyl (C=O) groups excluding carboxylic acids is 1. The van der Waals surface area contributed by atoms with Gasteiger partial charge in [-0.05, 0) is 47.9 Å². The molecule has 2 aromatic rings. The summed E-state index contributed by atoms with van der Waals surface area (Å²) in [5.74, 6) is 1.28. The average molecular weight is 469 g/mol. The molecule has 180 valence electrons. The number of nitrogens with one attached hydrogen (secondary N) is 2. The maximum atomic E-state index is 12.7. The number of carbonyl (C=O) groups is 1. The van der Waals surface area contributed by atoms with Crippen LogP contribution in [0.5, 0.6) is 0 Å². The van der Waals surface area contributed by atoms with Crippen molar-refractivity contribution in [3.8, 4) is 0 Å². The fourth-order valence-corrected chi connectivity index (χ4v) is 3.78. The van der Waals surface area contributed by atoms with Gasteiger partial charge >= 0.3 is 0 Å². The fourth-order valence-electron chi connectivity index (χ4n) is 3.78. The van der Waals surface area contributed by atoms with Gasteiger partial charge in [0.2, 0.25) is 6.29 Å². The number of hydrogen-bond donors (Lipinski definition) is 3.